The van der Waals surface area contributed by atoms with Crippen LogP contribution in [0, 0.1) is 0 Å². The molecule has 0 saturated heterocycles. The Morgan fingerprint density at radius 3 is 2.46 bits per heavy atom. The van der Waals surface area contributed by atoms with Crippen LogP contribution in [0.4, 0.5) is 0 Å². The maximum Gasteiger partial charge on any atom is 0.137 e. The molecule has 13 heavy (non-hydrogen) atoms. The zero-order chi connectivity index (χ0) is 9.84. The van der Waals surface area contributed by atoms with Crippen LogP contribution < -0.4 is 9.47 Å². The maximum absolute atomic E-state index is 9.02. The van der Waals surface area contributed by atoms with Crippen molar-refractivity contribution in [2.75, 3.05) is 14.2 Å². The molecule has 0 fully saturated rings. The summed E-state index contributed by atoms with van der Waals surface area (Å²) in [6, 6.07) is 3.51. The molecular formula is C9H11BrO3. The predicted octanol–water partition coefficient (Wildman–Crippen LogP) is 1.96. The van der Waals surface area contributed by atoms with E-state index in [0.717, 1.165) is 10.0 Å². The van der Waals surface area contributed by atoms with Crippen LogP contribution in [-0.4, -0.2) is 19.3 Å². The first-order valence-corrected chi connectivity index (χ1v) is 4.53. The number of hydrogen-bond acceptors (Lipinski definition) is 3. The average molecular weight is 247 g/mol. The van der Waals surface area contributed by atoms with Crippen LogP contribution in [0.15, 0.2) is 16.6 Å². The minimum Gasteiger partial charge on any atom is -0.497 e. The molecule has 72 valence electrons. The molecule has 0 aromatic heterocycles. The van der Waals surface area contributed by atoms with Crippen LogP contribution in [-0.2, 0) is 6.61 Å². The normalized spacial score (nSPS) is 9.85. The van der Waals surface area contributed by atoms with Crippen molar-refractivity contribution in [3.05, 3.63) is 22.2 Å². The summed E-state index contributed by atoms with van der Waals surface area (Å²) >= 11 is 3.32. The van der Waals surface area contributed by atoms with E-state index in [1.54, 1.807) is 26.4 Å². The summed E-state index contributed by atoms with van der Waals surface area (Å²) in [5, 5.41) is 9.02. The van der Waals surface area contributed by atoms with Crippen molar-refractivity contribution in [1.29, 1.82) is 0 Å². The van der Waals surface area contributed by atoms with Crippen molar-refractivity contribution in [2.45, 2.75) is 6.61 Å². The Balaban J connectivity index is 3.20. The van der Waals surface area contributed by atoms with Crippen molar-refractivity contribution in [1.82, 2.24) is 0 Å². The zero-order valence-electron chi connectivity index (χ0n) is 7.50. The highest BCUT2D eigenvalue weighted by molar-refractivity contribution is 9.10. The molecule has 0 heterocycles. The minimum absolute atomic E-state index is 0.0475. The van der Waals surface area contributed by atoms with E-state index in [4.69, 9.17) is 14.6 Å². The molecule has 0 atom stereocenters. The number of rotatable bonds is 3. The lowest BCUT2D eigenvalue weighted by Crippen LogP contribution is -1.93. The van der Waals surface area contributed by atoms with Gasteiger partial charge in [0.15, 0.2) is 0 Å². The van der Waals surface area contributed by atoms with Gasteiger partial charge in [0.2, 0.25) is 0 Å². The highest BCUT2D eigenvalue weighted by Gasteiger charge is 2.08. The first-order valence-electron chi connectivity index (χ1n) is 3.74. The van der Waals surface area contributed by atoms with Crippen LogP contribution in [0.25, 0.3) is 0 Å². The highest BCUT2D eigenvalue weighted by Crippen LogP contribution is 2.33. The Kier molecular flexibility index (Phi) is 3.57. The van der Waals surface area contributed by atoms with Gasteiger partial charge in [0, 0.05) is 6.07 Å². The molecule has 0 saturated carbocycles. The summed E-state index contributed by atoms with van der Waals surface area (Å²) < 4.78 is 10.9. The summed E-state index contributed by atoms with van der Waals surface area (Å²) in [6.45, 7) is -0.0475. The first kappa shape index (κ1) is 10.3. The van der Waals surface area contributed by atoms with Gasteiger partial charge in [-0.3, -0.25) is 0 Å². The molecule has 0 spiro atoms. The number of benzene rings is 1. The quantitative estimate of drug-likeness (QED) is 0.887. The van der Waals surface area contributed by atoms with Crippen LogP contribution >= 0.6 is 15.9 Å². The highest BCUT2D eigenvalue weighted by atomic mass is 79.9. The van der Waals surface area contributed by atoms with E-state index in [9.17, 15) is 0 Å². The topological polar surface area (TPSA) is 38.7 Å². The van der Waals surface area contributed by atoms with Gasteiger partial charge in [-0.2, -0.15) is 0 Å². The van der Waals surface area contributed by atoms with Crippen molar-refractivity contribution in [3.63, 3.8) is 0 Å². The van der Waals surface area contributed by atoms with Crippen LogP contribution in [0.2, 0.25) is 0 Å². The van der Waals surface area contributed by atoms with Gasteiger partial charge >= 0.3 is 0 Å². The lowest BCUT2D eigenvalue weighted by Gasteiger charge is -2.09. The number of aliphatic hydroxyl groups excluding tert-OH is 1. The molecule has 1 aromatic rings. The van der Waals surface area contributed by atoms with Gasteiger partial charge in [0.05, 0.1) is 25.3 Å². The Morgan fingerprint density at radius 1 is 1.31 bits per heavy atom. The Bertz CT molecular complexity index is 274. The summed E-state index contributed by atoms with van der Waals surface area (Å²) in [7, 11) is 3.14. The number of methoxy groups -OCH3 is 2. The van der Waals surface area contributed by atoms with E-state index in [0.29, 0.717) is 11.5 Å². The van der Waals surface area contributed by atoms with Gasteiger partial charge in [-0.1, -0.05) is 0 Å². The standard InChI is InChI=1S/C9H11BrO3/c1-12-7-3-6(5-11)9(10)8(4-7)13-2/h3-4,11H,5H2,1-2H3. The fraction of sp³-hybridized carbons (Fsp3) is 0.333. The third-order valence-corrected chi connectivity index (χ3v) is 2.61. The smallest absolute Gasteiger partial charge is 0.137 e. The van der Waals surface area contributed by atoms with Gasteiger partial charge < -0.3 is 14.6 Å². The second-order valence-electron chi connectivity index (χ2n) is 2.46. The van der Waals surface area contributed by atoms with E-state index in [1.165, 1.54) is 0 Å². The maximum atomic E-state index is 9.02. The number of aliphatic hydroxyl groups is 1. The molecular weight excluding hydrogens is 236 g/mol. The van der Waals surface area contributed by atoms with Crippen LogP contribution in [0.5, 0.6) is 11.5 Å². The van der Waals surface area contributed by atoms with E-state index in [-0.39, 0.29) is 6.61 Å². The lowest BCUT2D eigenvalue weighted by atomic mass is 10.2. The van der Waals surface area contributed by atoms with E-state index in [1.807, 2.05) is 0 Å². The predicted molar refractivity (Wildman–Crippen MR) is 53.2 cm³/mol. The zero-order valence-corrected chi connectivity index (χ0v) is 9.09. The lowest BCUT2D eigenvalue weighted by molar-refractivity contribution is 0.279. The SMILES string of the molecule is COc1cc(CO)c(Br)c(OC)c1. The average Bonchev–Trinajstić information content (AvgIpc) is 2.18. The van der Waals surface area contributed by atoms with E-state index < -0.39 is 0 Å². The Labute approximate surface area is 85.4 Å². The first-order chi connectivity index (χ1) is 6.22. The summed E-state index contributed by atoms with van der Waals surface area (Å²) in [5.41, 5.74) is 0.746. The molecule has 4 heteroatoms. The number of ether oxygens (including phenoxy) is 2. The molecule has 0 aliphatic carbocycles. The van der Waals surface area contributed by atoms with Crippen molar-refractivity contribution in [3.8, 4) is 11.5 Å². The molecule has 1 aromatic carbocycles. The second kappa shape index (κ2) is 4.48. The summed E-state index contributed by atoms with van der Waals surface area (Å²) in [4.78, 5) is 0. The van der Waals surface area contributed by atoms with E-state index in [2.05, 4.69) is 15.9 Å². The number of halogens is 1. The largest absolute Gasteiger partial charge is 0.497 e. The fourth-order valence-electron chi connectivity index (χ4n) is 1.01. The molecule has 0 aliphatic heterocycles. The van der Waals surface area contributed by atoms with Crippen LogP contribution in [0.3, 0.4) is 0 Å². The minimum atomic E-state index is -0.0475. The monoisotopic (exact) mass is 246 g/mol. The fourth-order valence-corrected chi connectivity index (χ4v) is 1.53. The van der Waals surface area contributed by atoms with Gasteiger partial charge in [-0.15, -0.1) is 0 Å². The van der Waals surface area contributed by atoms with Crippen molar-refractivity contribution >= 4 is 15.9 Å². The molecule has 0 amide bonds. The van der Waals surface area contributed by atoms with Gasteiger partial charge in [0.1, 0.15) is 11.5 Å². The molecule has 0 aliphatic rings. The van der Waals surface area contributed by atoms with E-state index >= 15 is 0 Å². The molecule has 1 rings (SSSR count). The van der Waals surface area contributed by atoms with Gasteiger partial charge in [-0.25, -0.2) is 0 Å². The molecule has 3 nitrogen and oxygen atoms in total. The molecule has 0 unspecified atom stereocenters. The molecule has 1 N–H and O–H groups in total. The summed E-state index contributed by atoms with van der Waals surface area (Å²) in [6.07, 6.45) is 0. The summed E-state index contributed by atoms with van der Waals surface area (Å²) in [5.74, 6) is 1.33. The molecule has 0 radical (unpaired) electrons. The third-order valence-electron chi connectivity index (χ3n) is 1.71. The van der Waals surface area contributed by atoms with Crippen LogP contribution in [0.1, 0.15) is 5.56 Å². The van der Waals surface area contributed by atoms with Crippen molar-refractivity contribution in [2.24, 2.45) is 0 Å². The Hall–Kier alpha value is -0.740. The van der Waals surface area contributed by atoms with Crippen molar-refractivity contribution < 1.29 is 14.6 Å². The van der Waals surface area contributed by atoms with Gasteiger partial charge in [-0.05, 0) is 27.6 Å². The third kappa shape index (κ3) is 2.14. The number of hydrogen-bond donors (Lipinski definition) is 1. The Morgan fingerprint density at radius 2 is 2.00 bits per heavy atom. The molecule has 0 bridgehead atoms. The second-order valence-corrected chi connectivity index (χ2v) is 3.25. The van der Waals surface area contributed by atoms with Gasteiger partial charge in [0.25, 0.3) is 0 Å².